The van der Waals surface area contributed by atoms with Gasteiger partial charge in [0.2, 0.25) is 5.91 Å². The van der Waals surface area contributed by atoms with E-state index in [1.807, 2.05) is 102 Å². The van der Waals surface area contributed by atoms with Gasteiger partial charge in [-0.15, -0.1) is 0 Å². The number of rotatable bonds is 12. The predicted molar refractivity (Wildman–Crippen MR) is 171 cm³/mol. The highest BCUT2D eigenvalue weighted by molar-refractivity contribution is 7.78. The first-order valence-electron chi connectivity index (χ1n) is 14.3. The number of benzene rings is 2. The highest BCUT2D eigenvalue weighted by atomic mass is 32.2. The summed E-state index contributed by atoms with van der Waals surface area (Å²) in [7, 11) is 0. The van der Waals surface area contributed by atoms with Crippen molar-refractivity contribution in [2.24, 2.45) is 5.14 Å². The van der Waals surface area contributed by atoms with E-state index in [1.165, 1.54) is 0 Å². The zero-order valence-corrected chi connectivity index (χ0v) is 26.6. The number of hydrogen-bond acceptors (Lipinski definition) is 5. The van der Waals surface area contributed by atoms with E-state index in [-0.39, 0.29) is 11.7 Å². The molecule has 1 heterocycles. The van der Waals surface area contributed by atoms with Gasteiger partial charge < -0.3 is 4.18 Å². The third kappa shape index (κ3) is 11.6. The minimum Gasteiger partial charge on any atom is -0.389 e. The summed E-state index contributed by atoms with van der Waals surface area (Å²) >= 11 is -1.88. The van der Waals surface area contributed by atoms with E-state index in [1.54, 1.807) is 17.1 Å². The molecule has 2 aromatic rings. The summed E-state index contributed by atoms with van der Waals surface area (Å²) in [5.41, 5.74) is 5.51. The highest BCUT2D eigenvalue weighted by Gasteiger charge is 2.28. The summed E-state index contributed by atoms with van der Waals surface area (Å²) in [4.78, 5) is 25.6. The number of nitrogens with two attached hydrogens (primary N) is 1. The van der Waals surface area contributed by atoms with Crippen LogP contribution in [0.5, 0.6) is 5.75 Å². The van der Waals surface area contributed by atoms with E-state index < -0.39 is 11.3 Å². The number of carbonyl (C=O) groups is 2. The predicted octanol–water partition coefficient (Wildman–Crippen LogP) is 7.12. The van der Waals surface area contributed by atoms with Crippen LogP contribution in [0.4, 0.5) is 0 Å². The molecule has 0 spiro atoms. The van der Waals surface area contributed by atoms with E-state index in [0.717, 1.165) is 34.3 Å². The number of ketones is 1. The number of amides is 1. The molecule has 1 aliphatic heterocycles. The molecule has 0 bridgehead atoms. The normalized spacial score (nSPS) is 14.2. The quantitative estimate of drug-likeness (QED) is 0.213. The van der Waals surface area contributed by atoms with Crippen molar-refractivity contribution in [2.75, 3.05) is 19.6 Å². The number of allylic oxidation sites excluding steroid dienone is 4. The largest absolute Gasteiger partial charge is 0.389 e. The van der Waals surface area contributed by atoms with Crippen molar-refractivity contribution in [3.8, 4) is 16.9 Å². The van der Waals surface area contributed by atoms with Crippen LogP contribution in [0, 0.1) is 6.92 Å². The van der Waals surface area contributed by atoms with Crippen LogP contribution in [-0.4, -0.2) is 45.6 Å². The Kier molecular flexibility index (Phi) is 16.5. The van der Waals surface area contributed by atoms with E-state index >= 15 is 0 Å². The molecule has 0 aromatic heterocycles. The highest BCUT2D eigenvalue weighted by Crippen LogP contribution is 2.28. The fraction of sp³-hybridized carbons (Fsp3) is 0.394. The second kappa shape index (κ2) is 18.9. The Balaban J connectivity index is 0.00000201. The number of nitrogens with zero attached hydrogens (tertiary/aromatic N) is 2. The summed E-state index contributed by atoms with van der Waals surface area (Å²) in [6.07, 6.45) is 7.56. The Morgan fingerprint density at radius 3 is 2.39 bits per heavy atom. The summed E-state index contributed by atoms with van der Waals surface area (Å²) < 4.78 is 16.2. The summed E-state index contributed by atoms with van der Waals surface area (Å²) in [5.74, 6) is 0.540. The fourth-order valence-electron chi connectivity index (χ4n) is 4.28. The maximum absolute atomic E-state index is 13.1. The zero-order chi connectivity index (χ0) is 30.9. The molecule has 1 atom stereocenters. The third-order valence-electron chi connectivity index (χ3n) is 6.25. The van der Waals surface area contributed by atoms with Gasteiger partial charge in [0.05, 0.1) is 0 Å². The van der Waals surface area contributed by atoms with Gasteiger partial charge in [0.15, 0.2) is 5.78 Å². The molecular weight excluding hydrogens is 534 g/mol. The van der Waals surface area contributed by atoms with Crippen LogP contribution in [0.25, 0.3) is 11.1 Å². The van der Waals surface area contributed by atoms with E-state index in [9.17, 15) is 13.8 Å². The first-order chi connectivity index (χ1) is 19.7. The molecule has 1 aliphatic rings. The number of hydrazine groups is 1. The number of Topliss-reactive ketones (excluding diaryl/α,β-unsaturated/α-hetero) is 1. The van der Waals surface area contributed by atoms with Crippen LogP contribution in [-0.2, 0) is 16.1 Å². The van der Waals surface area contributed by atoms with Crippen LogP contribution in [0.3, 0.4) is 0 Å². The minimum atomic E-state index is -1.88. The molecule has 3 rings (SSSR count). The molecule has 0 saturated carbocycles. The lowest BCUT2D eigenvalue weighted by Gasteiger charge is -2.28. The van der Waals surface area contributed by atoms with Crippen LogP contribution >= 0.6 is 0 Å². The topological polar surface area (TPSA) is 92.9 Å². The van der Waals surface area contributed by atoms with Crippen LogP contribution in [0.15, 0.2) is 78.4 Å². The van der Waals surface area contributed by atoms with Gasteiger partial charge >= 0.3 is 0 Å². The van der Waals surface area contributed by atoms with Crippen molar-refractivity contribution in [3.63, 3.8) is 0 Å². The van der Waals surface area contributed by atoms with Crippen molar-refractivity contribution in [3.05, 3.63) is 89.5 Å². The first kappa shape index (κ1) is 35.7. The molecule has 1 unspecified atom stereocenters. The second-order valence-corrected chi connectivity index (χ2v) is 9.78. The van der Waals surface area contributed by atoms with Gasteiger partial charge in [-0.2, -0.15) is 4.21 Å². The molecular formula is C33H47N3O4S. The van der Waals surface area contributed by atoms with Gasteiger partial charge in [-0.25, -0.2) is 10.1 Å². The van der Waals surface area contributed by atoms with Crippen molar-refractivity contribution in [1.29, 1.82) is 0 Å². The van der Waals surface area contributed by atoms with Crippen molar-refractivity contribution >= 4 is 23.0 Å². The Labute approximate surface area is 249 Å². The molecule has 2 N–H and O–H groups in total. The molecule has 8 heteroatoms. The Morgan fingerprint density at radius 1 is 1.07 bits per heavy atom. The van der Waals surface area contributed by atoms with Crippen LogP contribution < -0.4 is 9.32 Å². The van der Waals surface area contributed by atoms with Gasteiger partial charge in [0, 0.05) is 38.0 Å². The maximum Gasteiger partial charge on any atom is 0.285 e. The molecule has 0 aliphatic carbocycles. The standard InChI is InChI=1S/C29H35N3O4S.2C2H6/c1-5-23(10-9-21(2)3)13-18-32-29(34)15-17-31(32)16-14-28(33)25-8-6-7-24(20-25)27-12-11-26(19-22(27)4)36-37(30)35;2*1-2/h5-12,19-20H,2,13-18,30H2,1,3-4H3;2*1-2H3/b10-9-,23-5+;;. The molecule has 1 saturated heterocycles. The smallest absolute Gasteiger partial charge is 0.285 e. The number of hydrogen-bond donors (Lipinski definition) is 1. The lowest BCUT2D eigenvalue weighted by Crippen LogP contribution is -2.40. The van der Waals surface area contributed by atoms with E-state index in [0.29, 0.717) is 43.8 Å². The Hall–Kier alpha value is -3.33. The van der Waals surface area contributed by atoms with Gasteiger partial charge in [-0.05, 0) is 62.1 Å². The number of aryl methyl sites for hydroxylation is 1. The van der Waals surface area contributed by atoms with Crippen LogP contribution in [0.1, 0.15) is 76.7 Å². The summed E-state index contributed by atoms with van der Waals surface area (Å²) in [5, 5.41) is 8.98. The van der Waals surface area contributed by atoms with Gasteiger partial charge in [-0.3, -0.25) is 14.6 Å². The first-order valence-corrected chi connectivity index (χ1v) is 15.4. The lowest BCUT2D eigenvalue weighted by molar-refractivity contribution is -0.137. The van der Waals surface area contributed by atoms with Gasteiger partial charge in [0.1, 0.15) is 5.75 Å². The zero-order valence-electron chi connectivity index (χ0n) is 25.7. The monoisotopic (exact) mass is 581 g/mol. The van der Waals surface area contributed by atoms with Crippen LogP contribution in [0.2, 0.25) is 0 Å². The Morgan fingerprint density at radius 2 is 1.78 bits per heavy atom. The molecule has 1 fully saturated rings. The Bertz CT molecular complexity index is 1250. The number of carbonyl (C=O) groups excluding carboxylic acids is 2. The lowest BCUT2D eigenvalue weighted by atomic mass is 9.97. The van der Waals surface area contributed by atoms with Gasteiger partial charge in [0.25, 0.3) is 11.3 Å². The second-order valence-electron chi connectivity index (χ2n) is 9.09. The molecule has 224 valence electrons. The fourth-order valence-corrected chi connectivity index (χ4v) is 4.57. The maximum atomic E-state index is 13.1. The average molecular weight is 582 g/mol. The molecule has 2 aromatic carbocycles. The van der Waals surface area contributed by atoms with Crippen molar-refractivity contribution < 1.29 is 18.0 Å². The van der Waals surface area contributed by atoms with Crippen molar-refractivity contribution in [1.82, 2.24) is 10.0 Å². The van der Waals surface area contributed by atoms with E-state index in [4.69, 9.17) is 9.32 Å². The van der Waals surface area contributed by atoms with E-state index in [2.05, 4.69) is 6.58 Å². The summed E-state index contributed by atoms with van der Waals surface area (Å²) in [6, 6.07) is 12.8. The molecule has 7 nitrogen and oxygen atoms in total. The average Bonchev–Trinajstić information content (AvgIpc) is 3.32. The molecule has 0 radical (unpaired) electrons. The summed E-state index contributed by atoms with van der Waals surface area (Å²) in [6.45, 7) is 19.4. The minimum absolute atomic E-state index is 0.0239. The van der Waals surface area contributed by atoms with Crippen molar-refractivity contribution in [2.45, 2.75) is 67.7 Å². The van der Waals surface area contributed by atoms with Gasteiger partial charge in [-0.1, -0.05) is 87.9 Å². The SMILES string of the molecule is C=C(C)/C=C\C(=C/C)CCN1C(=O)CCN1CCC(=O)c1cccc(-c2ccc(OS(N)=O)cc2C)c1.CC.CC. The molecule has 41 heavy (non-hydrogen) atoms. The third-order valence-corrected chi connectivity index (χ3v) is 6.60. The molecule has 1 amide bonds.